The maximum atomic E-state index is 13.5. The number of benzene rings is 3. The molecule has 0 aliphatic carbocycles. The van der Waals surface area contributed by atoms with E-state index in [-0.39, 0.29) is 11.8 Å². The number of hydrogen-bond donors (Lipinski definition) is 1. The van der Waals surface area contributed by atoms with Crippen molar-refractivity contribution in [1.29, 1.82) is 0 Å². The second-order valence-electron chi connectivity index (χ2n) is 8.52. The molecule has 1 N–H and O–H groups in total. The van der Waals surface area contributed by atoms with Crippen molar-refractivity contribution in [2.75, 3.05) is 7.11 Å². The highest BCUT2D eigenvalue weighted by atomic mass is 16.5. The zero-order valence-electron chi connectivity index (χ0n) is 18.7. The summed E-state index contributed by atoms with van der Waals surface area (Å²) < 4.78 is 5.24. The first-order valence-corrected chi connectivity index (χ1v) is 10.8. The maximum absolute atomic E-state index is 13.5. The van der Waals surface area contributed by atoms with Gasteiger partial charge < -0.3 is 15.0 Å². The number of carbonyl (C=O) groups is 2. The SMILES string of the molecule is COc1ccc(CN2C(=O)c3ccccc3C[C@@]2(C)C(=O)NCc2ccc(C)cc2)cc1. The van der Waals surface area contributed by atoms with E-state index < -0.39 is 5.54 Å². The number of ether oxygens (including phenoxy) is 1. The predicted molar refractivity (Wildman–Crippen MR) is 124 cm³/mol. The lowest BCUT2D eigenvalue weighted by Gasteiger charge is -2.44. The molecule has 0 aromatic heterocycles. The lowest BCUT2D eigenvalue weighted by Crippen LogP contribution is -2.62. The molecule has 3 aromatic rings. The van der Waals surface area contributed by atoms with Crippen LogP contribution in [0.15, 0.2) is 72.8 Å². The summed E-state index contributed by atoms with van der Waals surface area (Å²) in [6.07, 6.45) is 0.463. The van der Waals surface area contributed by atoms with Gasteiger partial charge in [0.1, 0.15) is 11.3 Å². The lowest BCUT2D eigenvalue weighted by atomic mass is 9.82. The average Bonchev–Trinajstić information content (AvgIpc) is 2.81. The van der Waals surface area contributed by atoms with Crippen LogP contribution in [0.1, 0.15) is 39.5 Å². The Kier molecular flexibility index (Phi) is 5.99. The van der Waals surface area contributed by atoms with Gasteiger partial charge in [0.15, 0.2) is 0 Å². The molecular weight excluding hydrogens is 400 g/mol. The fourth-order valence-corrected chi connectivity index (χ4v) is 4.16. The van der Waals surface area contributed by atoms with E-state index in [1.165, 1.54) is 5.56 Å². The third kappa shape index (κ3) is 4.24. The van der Waals surface area contributed by atoms with Gasteiger partial charge in [0.2, 0.25) is 5.91 Å². The predicted octanol–water partition coefficient (Wildman–Crippen LogP) is 4.28. The summed E-state index contributed by atoms with van der Waals surface area (Å²) in [4.78, 5) is 28.7. The zero-order valence-corrected chi connectivity index (χ0v) is 18.7. The number of nitrogens with zero attached hydrogens (tertiary/aromatic N) is 1. The van der Waals surface area contributed by atoms with Crippen molar-refractivity contribution in [2.24, 2.45) is 0 Å². The minimum atomic E-state index is -1.00. The van der Waals surface area contributed by atoms with Gasteiger partial charge in [-0.2, -0.15) is 0 Å². The quantitative estimate of drug-likeness (QED) is 0.638. The summed E-state index contributed by atoms with van der Waals surface area (Å²) in [5.74, 6) is 0.466. The van der Waals surface area contributed by atoms with Crippen molar-refractivity contribution in [2.45, 2.75) is 38.9 Å². The van der Waals surface area contributed by atoms with E-state index in [2.05, 4.69) is 5.32 Å². The summed E-state index contributed by atoms with van der Waals surface area (Å²) in [5, 5.41) is 3.06. The van der Waals surface area contributed by atoms with E-state index in [0.717, 1.165) is 22.4 Å². The molecule has 0 saturated carbocycles. The van der Waals surface area contributed by atoms with Gasteiger partial charge in [0.25, 0.3) is 5.91 Å². The molecule has 0 bridgehead atoms. The first-order chi connectivity index (χ1) is 15.4. The van der Waals surface area contributed by atoms with E-state index in [9.17, 15) is 9.59 Å². The molecule has 0 spiro atoms. The van der Waals surface area contributed by atoms with Crippen LogP contribution in [0.5, 0.6) is 5.75 Å². The first-order valence-electron chi connectivity index (χ1n) is 10.8. The fourth-order valence-electron chi connectivity index (χ4n) is 4.16. The Morgan fingerprint density at radius 2 is 1.66 bits per heavy atom. The summed E-state index contributed by atoms with van der Waals surface area (Å²) in [6, 6.07) is 23.2. The molecule has 2 amide bonds. The third-order valence-corrected chi connectivity index (χ3v) is 6.19. The van der Waals surface area contributed by atoms with E-state index in [1.54, 1.807) is 12.0 Å². The molecule has 1 aliphatic heterocycles. The summed E-state index contributed by atoms with van der Waals surface area (Å²) in [7, 11) is 1.62. The molecule has 0 fully saturated rings. The van der Waals surface area contributed by atoms with Crippen LogP contribution < -0.4 is 10.1 Å². The molecule has 0 saturated heterocycles. The average molecular weight is 429 g/mol. The van der Waals surface area contributed by atoms with Gasteiger partial charge in [0.05, 0.1) is 7.11 Å². The number of methoxy groups -OCH3 is 1. The van der Waals surface area contributed by atoms with Gasteiger partial charge >= 0.3 is 0 Å². The summed E-state index contributed by atoms with van der Waals surface area (Å²) >= 11 is 0. The van der Waals surface area contributed by atoms with Crippen LogP contribution in [0.2, 0.25) is 0 Å². The molecule has 4 rings (SSSR count). The van der Waals surface area contributed by atoms with Crippen LogP contribution in [0.3, 0.4) is 0 Å². The lowest BCUT2D eigenvalue weighted by molar-refractivity contribution is -0.132. The molecule has 1 heterocycles. The normalized spacial score (nSPS) is 17.6. The summed E-state index contributed by atoms with van der Waals surface area (Å²) in [6.45, 7) is 4.65. The standard InChI is InChI=1S/C27H28N2O3/c1-19-8-10-20(11-9-19)17-28-26(31)27(2)16-22-6-4-5-7-24(22)25(30)29(27)18-21-12-14-23(32-3)15-13-21/h4-15H,16-18H2,1-3H3,(H,28,31)/t27-/m0/s1. The fraction of sp³-hybridized carbons (Fsp3) is 0.259. The minimum Gasteiger partial charge on any atom is -0.497 e. The van der Waals surface area contributed by atoms with Gasteiger partial charge in [-0.1, -0.05) is 60.2 Å². The number of carbonyl (C=O) groups excluding carboxylic acids is 2. The second kappa shape index (κ2) is 8.87. The molecule has 5 heteroatoms. The minimum absolute atomic E-state index is 0.129. The van der Waals surface area contributed by atoms with Gasteiger partial charge in [0, 0.05) is 25.1 Å². The molecule has 0 unspecified atom stereocenters. The highest BCUT2D eigenvalue weighted by molar-refractivity contribution is 6.02. The Morgan fingerprint density at radius 1 is 1.00 bits per heavy atom. The van der Waals surface area contributed by atoms with Crippen LogP contribution >= 0.6 is 0 Å². The van der Waals surface area contributed by atoms with Crippen LogP contribution in [0, 0.1) is 6.92 Å². The van der Waals surface area contributed by atoms with Crippen molar-refractivity contribution in [3.63, 3.8) is 0 Å². The first kappa shape index (κ1) is 21.6. The molecule has 164 valence electrons. The molecule has 1 aliphatic rings. The summed E-state index contributed by atoms with van der Waals surface area (Å²) in [5.41, 5.74) is 3.69. The maximum Gasteiger partial charge on any atom is 0.255 e. The van der Waals surface area contributed by atoms with E-state index in [4.69, 9.17) is 4.74 Å². The van der Waals surface area contributed by atoms with Crippen molar-refractivity contribution in [3.8, 4) is 5.75 Å². The van der Waals surface area contributed by atoms with Gasteiger partial charge in [-0.3, -0.25) is 9.59 Å². The Labute approximate surface area is 189 Å². The van der Waals surface area contributed by atoms with Gasteiger partial charge in [-0.25, -0.2) is 0 Å². The molecule has 3 aromatic carbocycles. The van der Waals surface area contributed by atoms with E-state index in [0.29, 0.717) is 25.1 Å². The Bertz CT molecular complexity index is 1120. The van der Waals surface area contributed by atoms with Crippen molar-refractivity contribution in [3.05, 3.63) is 101 Å². The van der Waals surface area contributed by atoms with Crippen molar-refractivity contribution < 1.29 is 14.3 Å². The third-order valence-electron chi connectivity index (χ3n) is 6.19. The number of aryl methyl sites for hydroxylation is 1. The van der Waals surface area contributed by atoms with E-state index in [1.807, 2.05) is 86.6 Å². The number of hydrogen-bond acceptors (Lipinski definition) is 3. The van der Waals surface area contributed by atoms with E-state index >= 15 is 0 Å². The molecule has 1 atom stereocenters. The topological polar surface area (TPSA) is 58.6 Å². The highest BCUT2D eigenvalue weighted by Gasteiger charge is 2.46. The molecular formula is C27H28N2O3. The molecule has 0 radical (unpaired) electrons. The zero-order chi connectivity index (χ0) is 22.7. The Hall–Kier alpha value is -3.60. The molecule has 5 nitrogen and oxygen atoms in total. The van der Waals surface area contributed by atoms with Crippen LogP contribution in [0.4, 0.5) is 0 Å². The largest absolute Gasteiger partial charge is 0.497 e. The van der Waals surface area contributed by atoms with Gasteiger partial charge in [-0.05, 0) is 48.7 Å². The Balaban J connectivity index is 1.62. The number of rotatable bonds is 6. The Morgan fingerprint density at radius 3 is 2.34 bits per heavy atom. The van der Waals surface area contributed by atoms with Crippen LogP contribution in [0.25, 0.3) is 0 Å². The monoisotopic (exact) mass is 428 g/mol. The second-order valence-corrected chi connectivity index (χ2v) is 8.52. The van der Waals surface area contributed by atoms with Crippen molar-refractivity contribution in [1.82, 2.24) is 10.2 Å². The number of fused-ring (bicyclic) bond motifs is 1. The molecule has 32 heavy (non-hydrogen) atoms. The van der Waals surface area contributed by atoms with Gasteiger partial charge in [-0.15, -0.1) is 0 Å². The van der Waals surface area contributed by atoms with Crippen LogP contribution in [-0.2, 0) is 24.3 Å². The van der Waals surface area contributed by atoms with Crippen LogP contribution in [-0.4, -0.2) is 29.4 Å². The smallest absolute Gasteiger partial charge is 0.255 e. The number of amides is 2. The van der Waals surface area contributed by atoms with Crippen molar-refractivity contribution >= 4 is 11.8 Å². The highest BCUT2D eigenvalue weighted by Crippen LogP contribution is 2.33. The number of nitrogens with one attached hydrogen (secondary N) is 1.